The molecule has 1 heterocycles. The smallest absolute Gasteiger partial charge is 0.191 e. The molecule has 0 saturated carbocycles. The van der Waals surface area contributed by atoms with E-state index in [9.17, 15) is 8.42 Å². The first-order valence-corrected chi connectivity index (χ1v) is 11.6. The molecule has 2 aromatic rings. The molecule has 0 saturated heterocycles. The van der Waals surface area contributed by atoms with Crippen LogP contribution in [0.4, 0.5) is 0 Å². The summed E-state index contributed by atoms with van der Waals surface area (Å²) in [5.41, 5.74) is 0.773. The van der Waals surface area contributed by atoms with E-state index in [1.165, 1.54) is 0 Å². The second-order valence-electron chi connectivity index (χ2n) is 7.69. The van der Waals surface area contributed by atoms with Crippen LogP contribution in [0.2, 0.25) is 0 Å². The third-order valence-electron chi connectivity index (χ3n) is 4.76. The number of sulfone groups is 1. The van der Waals surface area contributed by atoms with Crippen LogP contribution in [0, 0.1) is 0 Å². The Hall–Kier alpha value is -1.81. The lowest BCUT2D eigenvalue weighted by Crippen LogP contribution is -2.45. The number of ether oxygens (including phenoxy) is 1. The second-order valence-corrected chi connectivity index (χ2v) is 9.80. The summed E-state index contributed by atoms with van der Waals surface area (Å²) < 4.78 is 31.1. The fourth-order valence-electron chi connectivity index (χ4n) is 3.44. The van der Waals surface area contributed by atoms with Crippen molar-refractivity contribution >= 4 is 39.8 Å². The normalized spacial score (nSPS) is 17.8. The number of para-hydroxylation sites is 1. The molecule has 1 unspecified atom stereocenters. The molecule has 2 aromatic carbocycles. The second kappa shape index (κ2) is 10.5. The molecule has 3 rings (SSSR count). The van der Waals surface area contributed by atoms with Crippen LogP contribution in [-0.4, -0.2) is 38.8 Å². The van der Waals surface area contributed by atoms with E-state index in [1.54, 1.807) is 30.3 Å². The molecule has 0 radical (unpaired) electrons. The highest BCUT2D eigenvalue weighted by molar-refractivity contribution is 14.0. The molecule has 0 fully saturated rings. The molecular weight excluding hydrogens is 513 g/mol. The van der Waals surface area contributed by atoms with Crippen molar-refractivity contribution < 1.29 is 13.2 Å². The minimum atomic E-state index is -3.35. The number of guanidine groups is 1. The van der Waals surface area contributed by atoms with Crippen molar-refractivity contribution in [3.8, 4) is 5.75 Å². The van der Waals surface area contributed by atoms with Gasteiger partial charge in [-0.2, -0.15) is 0 Å². The third-order valence-corrected chi connectivity index (χ3v) is 6.47. The molecule has 0 amide bonds. The molecular formula is C22H30IN3O3S. The molecule has 0 aliphatic carbocycles. The standard InChI is InChI=1S/C22H29N3O3S.HI/c1-4-23-21(24-14-15-29(26,27)17-10-6-5-7-11-17)25-19-16-22(2,3)28-20-13-9-8-12-18(19)20;/h5-13,19H,4,14-16H2,1-3H3,(H2,23,24,25);1H. The summed E-state index contributed by atoms with van der Waals surface area (Å²) in [5, 5.41) is 6.68. The Morgan fingerprint density at radius 2 is 1.80 bits per heavy atom. The van der Waals surface area contributed by atoms with Crippen molar-refractivity contribution in [2.45, 2.75) is 43.7 Å². The maximum absolute atomic E-state index is 12.5. The highest BCUT2D eigenvalue weighted by atomic mass is 127. The van der Waals surface area contributed by atoms with E-state index in [2.05, 4.69) is 29.5 Å². The first-order chi connectivity index (χ1) is 13.8. The summed E-state index contributed by atoms with van der Waals surface area (Å²) in [6.07, 6.45) is 0.775. The van der Waals surface area contributed by atoms with Gasteiger partial charge in [0.25, 0.3) is 0 Å². The van der Waals surface area contributed by atoms with Gasteiger partial charge in [-0.25, -0.2) is 8.42 Å². The summed E-state index contributed by atoms with van der Waals surface area (Å²) in [6, 6.07) is 16.5. The average molecular weight is 543 g/mol. The molecule has 164 valence electrons. The van der Waals surface area contributed by atoms with Gasteiger partial charge >= 0.3 is 0 Å². The number of rotatable bonds is 6. The SMILES string of the molecule is CCNC(=NCCS(=O)(=O)c1ccccc1)NC1CC(C)(C)Oc2ccccc21.I. The topological polar surface area (TPSA) is 79.8 Å². The molecule has 0 spiro atoms. The number of nitrogens with zero attached hydrogens (tertiary/aromatic N) is 1. The largest absolute Gasteiger partial charge is 0.487 e. The van der Waals surface area contributed by atoms with E-state index < -0.39 is 9.84 Å². The lowest BCUT2D eigenvalue weighted by Gasteiger charge is -2.38. The summed E-state index contributed by atoms with van der Waals surface area (Å²) in [4.78, 5) is 4.84. The van der Waals surface area contributed by atoms with E-state index in [0.29, 0.717) is 17.4 Å². The van der Waals surface area contributed by atoms with Gasteiger partial charge in [0.2, 0.25) is 0 Å². The van der Waals surface area contributed by atoms with Crippen LogP contribution in [0.3, 0.4) is 0 Å². The van der Waals surface area contributed by atoms with Gasteiger partial charge in [0, 0.05) is 18.5 Å². The molecule has 30 heavy (non-hydrogen) atoms. The van der Waals surface area contributed by atoms with Crippen LogP contribution in [0.5, 0.6) is 5.75 Å². The Bertz CT molecular complexity index is 963. The van der Waals surface area contributed by atoms with Crippen molar-refractivity contribution in [3.05, 3.63) is 60.2 Å². The van der Waals surface area contributed by atoms with Crippen molar-refractivity contribution in [2.24, 2.45) is 4.99 Å². The average Bonchev–Trinajstić information content (AvgIpc) is 2.68. The minimum absolute atomic E-state index is 0. The Balaban J connectivity index is 0.00000320. The molecule has 1 aliphatic rings. The maximum Gasteiger partial charge on any atom is 0.191 e. The van der Waals surface area contributed by atoms with Crippen LogP contribution < -0.4 is 15.4 Å². The van der Waals surface area contributed by atoms with Crippen molar-refractivity contribution in [2.75, 3.05) is 18.8 Å². The van der Waals surface area contributed by atoms with Crippen LogP contribution >= 0.6 is 24.0 Å². The van der Waals surface area contributed by atoms with E-state index in [1.807, 2.05) is 31.2 Å². The van der Waals surface area contributed by atoms with E-state index in [-0.39, 0.29) is 47.9 Å². The summed E-state index contributed by atoms with van der Waals surface area (Å²) in [5.74, 6) is 1.43. The Labute approximate surface area is 196 Å². The van der Waals surface area contributed by atoms with Crippen molar-refractivity contribution in [1.82, 2.24) is 10.6 Å². The van der Waals surface area contributed by atoms with Gasteiger partial charge in [-0.3, -0.25) is 4.99 Å². The van der Waals surface area contributed by atoms with Crippen LogP contribution in [0.15, 0.2) is 64.5 Å². The zero-order chi connectivity index (χ0) is 20.9. The number of aliphatic imine (C=N–C) groups is 1. The molecule has 0 aromatic heterocycles. The van der Waals surface area contributed by atoms with Gasteiger partial charge in [-0.15, -0.1) is 24.0 Å². The van der Waals surface area contributed by atoms with Crippen LogP contribution in [-0.2, 0) is 9.84 Å². The molecule has 0 bridgehead atoms. The number of hydrogen-bond donors (Lipinski definition) is 2. The zero-order valence-corrected chi connectivity index (χ0v) is 20.7. The maximum atomic E-state index is 12.5. The molecule has 2 N–H and O–H groups in total. The molecule has 1 atom stereocenters. The van der Waals surface area contributed by atoms with Gasteiger partial charge in [-0.1, -0.05) is 36.4 Å². The Kier molecular flexibility index (Phi) is 8.54. The van der Waals surface area contributed by atoms with Crippen LogP contribution in [0.25, 0.3) is 0 Å². The predicted octanol–water partition coefficient (Wildman–Crippen LogP) is 3.94. The predicted molar refractivity (Wildman–Crippen MR) is 132 cm³/mol. The zero-order valence-electron chi connectivity index (χ0n) is 17.6. The Morgan fingerprint density at radius 3 is 2.50 bits per heavy atom. The highest BCUT2D eigenvalue weighted by Crippen LogP contribution is 2.39. The quantitative estimate of drug-likeness (QED) is 0.328. The summed E-state index contributed by atoms with van der Waals surface area (Å²) >= 11 is 0. The fourth-order valence-corrected chi connectivity index (χ4v) is 4.58. The number of benzene rings is 2. The lowest BCUT2D eigenvalue weighted by atomic mass is 9.90. The van der Waals surface area contributed by atoms with Gasteiger partial charge in [0.1, 0.15) is 11.4 Å². The number of halogens is 1. The molecule has 1 aliphatic heterocycles. The third kappa shape index (κ3) is 6.34. The number of hydrogen-bond acceptors (Lipinski definition) is 4. The van der Waals surface area contributed by atoms with Crippen molar-refractivity contribution in [3.63, 3.8) is 0 Å². The molecule has 6 nitrogen and oxygen atoms in total. The van der Waals surface area contributed by atoms with Gasteiger partial charge in [0.05, 0.1) is 23.2 Å². The first-order valence-electron chi connectivity index (χ1n) is 9.91. The number of fused-ring (bicyclic) bond motifs is 1. The van der Waals surface area contributed by atoms with Gasteiger partial charge < -0.3 is 15.4 Å². The van der Waals surface area contributed by atoms with E-state index in [4.69, 9.17) is 4.74 Å². The lowest BCUT2D eigenvalue weighted by molar-refractivity contribution is 0.0694. The number of nitrogens with one attached hydrogen (secondary N) is 2. The summed E-state index contributed by atoms with van der Waals surface area (Å²) in [7, 11) is -3.35. The fraction of sp³-hybridized carbons (Fsp3) is 0.409. The Morgan fingerprint density at radius 1 is 1.13 bits per heavy atom. The first kappa shape index (κ1) is 24.5. The molecule has 8 heteroatoms. The van der Waals surface area contributed by atoms with E-state index >= 15 is 0 Å². The highest BCUT2D eigenvalue weighted by Gasteiger charge is 2.34. The van der Waals surface area contributed by atoms with E-state index in [0.717, 1.165) is 17.7 Å². The van der Waals surface area contributed by atoms with Crippen molar-refractivity contribution in [1.29, 1.82) is 0 Å². The van der Waals surface area contributed by atoms with Gasteiger partial charge in [0.15, 0.2) is 15.8 Å². The van der Waals surface area contributed by atoms with Gasteiger partial charge in [-0.05, 0) is 39.0 Å². The summed E-state index contributed by atoms with van der Waals surface area (Å²) in [6.45, 7) is 6.98. The minimum Gasteiger partial charge on any atom is -0.487 e. The monoisotopic (exact) mass is 543 g/mol. The van der Waals surface area contributed by atoms with Crippen LogP contribution in [0.1, 0.15) is 38.8 Å².